The number of halogens is 6. The molecular formula is C19H14Cl4F2N2O2. The first-order valence-electron chi connectivity index (χ1n) is 8.44. The molecule has 2 aromatic rings. The number of rotatable bonds is 6. The predicted octanol–water partition coefficient (Wildman–Crippen LogP) is 5.36. The van der Waals surface area contributed by atoms with Crippen molar-refractivity contribution in [3.8, 4) is 0 Å². The van der Waals surface area contributed by atoms with E-state index in [4.69, 9.17) is 46.4 Å². The minimum absolute atomic E-state index is 0.0820. The number of hydrogen-bond donors (Lipinski definition) is 2. The lowest BCUT2D eigenvalue weighted by atomic mass is 10.1. The fourth-order valence-electron chi connectivity index (χ4n) is 3.03. The molecular weight excluding hydrogens is 468 g/mol. The average Bonchev–Trinajstić information content (AvgIpc) is 3.25. The second kappa shape index (κ2) is 8.64. The van der Waals surface area contributed by atoms with Crippen molar-refractivity contribution >= 4 is 63.9 Å². The highest BCUT2D eigenvalue weighted by Crippen LogP contribution is 2.65. The van der Waals surface area contributed by atoms with Crippen LogP contribution < -0.4 is 10.6 Å². The Morgan fingerprint density at radius 2 is 1.79 bits per heavy atom. The molecule has 0 heterocycles. The summed E-state index contributed by atoms with van der Waals surface area (Å²) in [6.07, 6.45) is 0. The fraction of sp³-hybridized carbons (Fsp3) is 0.263. The zero-order chi connectivity index (χ0) is 21.3. The second-order valence-electron chi connectivity index (χ2n) is 6.43. The Bertz CT molecular complexity index is 971. The summed E-state index contributed by atoms with van der Waals surface area (Å²) in [4.78, 5) is 24.7. The summed E-state index contributed by atoms with van der Waals surface area (Å²) < 4.78 is 24.3. The molecule has 0 radical (unpaired) electrons. The molecule has 2 N–H and O–H groups in total. The number of nitrogens with one attached hydrogen (secondary N) is 2. The highest BCUT2D eigenvalue weighted by atomic mass is 35.5. The highest BCUT2D eigenvalue weighted by molar-refractivity contribution is 6.53. The Kier molecular flexibility index (Phi) is 6.58. The number of hydrogen-bond acceptors (Lipinski definition) is 2. The van der Waals surface area contributed by atoms with Crippen molar-refractivity contribution in [1.29, 1.82) is 0 Å². The van der Waals surface area contributed by atoms with E-state index in [0.29, 0.717) is 5.56 Å². The average molecular weight is 482 g/mol. The number of anilines is 1. The van der Waals surface area contributed by atoms with Crippen molar-refractivity contribution in [2.24, 2.45) is 5.92 Å². The van der Waals surface area contributed by atoms with Crippen LogP contribution in [0.1, 0.15) is 21.8 Å². The summed E-state index contributed by atoms with van der Waals surface area (Å²) >= 11 is 24.3. The fourth-order valence-corrected chi connectivity index (χ4v) is 4.25. The van der Waals surface area contributed by atoms with E-state index in [1.807, 2.05) is 0 Å². The Balaban J connectivity index is 1.76. The van der Waals surface area contributed by atoms with Gasteiger partial charge in [0, 0.05) is 18.2 Å². The molecule has 1 fully saturated rings. The van der Waals surface area contributed by atoms with Crippen LogP contribution in [-0.2, 0) is 4.79 Å². The van der Waals surface area contributed by atoms with E-state index in [9.17, 15) is 18.4 Å². The second-order valence-corrected chi connectivity index (χ2v) is 8.69. The monoisotopic (exact) mass is 480 g/mol. The number of carbonyl (C=O) groups is 2. The molecule has 2 atom stereocenters. The molecule has 3 rings (SSSR count). The van der Waals surface area contributed by atoms with Crippen molar-refractivity contribution in [3.05, 3.63) is 63.4 Å². The summed E-state index contributed by atoms with van der Waals surface area (Å²) in [5.74, 6) is -3.04. The van der Waals surface area contributed by atoms with Crippen LogP contribution in [0.3, 0.4) is 0 Å². The van der Waals surface area contributed by atoms with Gasteiger partial charge >= 0.3 is 0 Å². The molecule has 0 aliphatic heterocycles. The Labute approximate surface area is 185 Å². The molecule has 10 heteroatoms. The van der Waals surface area contributed by atoms with E-state index in [1.54, 1.807) is 0 Å². The van der Waals surface area contributed by atoms with Gasteiger partial charge in [-0.15, -0.1) is 23.2 Å². The van der Waals surface area contributed by atoms with Gasteiger partial charge in [0.15, 0.2) is 0 Å². The summed E-state index contributed by atoms with van der Waals surface area (Å²) in [5.41, 5.74) is 0.902. The van der Waals surface area contributed by atoms with Crippen LogP contribution >= 0.6 is 46.4 Å². The third-order valence-corrected chi connectivity index (χ3v) is 6.06. The maximum Gasteiger partial charge on any atom is 0.252 e. The molecule has 1 saturated carbocycles. The van der Waals surface area contributed by atoms with Crippen LogP contribution in [0.25, 0.3) is 0 Å². The zero-order valence-corrected chi connectivity index (χ0v) is 17.6. The van der Waals surface area contributed by atoms with E-state index < -0.39 is 40.5 Å². The van der Waals surface area contributed by atoms with Crippen molar-refractivity contribution in [1.82, 2.24) is 5.32 Å². The van der Waals surface area contributed by atoms with Gasteiger partial charge in [-0.2, -0.15) is 0 Å². The molecule has 29 heavy (non-hydrogen) atoms. The third kappa shape index (κ3) is 4.61. The van der Waals surface area contributed by atoms with Gasteiger partial charge in [-0.3, -0.25) is 9.59 Å². The lowest BCUT2D eigenvalue weighted by molar-refractivity contribution is -0.117. The summed E-state index contributed by atoms with van der Waals surface area (Å²) in [6, 6.07) is 8.32. The molecule has 0 bridgehead atoms. The topological polar surface area (TPSA) is 58.2 Å². The van der Waals surface area contributed by atoms with Crippen LogP contribution in [0, 0.1) is 11.7 Å². The number of carbonyl (C=O) groups excluding carboxylic acids is 2. The highest BCUT2D eigenvalue weighted by Gasteiger charge is 2.67. The van der Waals surface area contributed by atoms with Gasteiger partial charge in [-0.25, -0.2) is 8.78 Å². The van der Waals surface area contributed by atoms with Gasteiger partial charge in [0.25, 0.3) is 5.91 Å². The maximum atomic E-state index is 13.4. The normalized spacial score (nSPS) is 19.5. The first-order valence-corrected chi connectivity index (χ1v) is 9.95. The van der Waals surface area contributed by atoms with Crippen molar-refractivity contribution in [3.63, 3.8) is 0 Å². The molecule has 154 valence electrons. The molecule has 0 unspecified atom stereocenters. The van der Waals surface area contributed by atoms with Gasteiger partial charge in [0.2, 0.25) is 5.91 Å². The Hall–Kier alpha value is -1.60. The summed E-state index contributed by atoms with van der Waals surface area (Å²) in [7, 11) is 0. The molecule has 0 saturated heterocycles. The van der Waals surface area contributed by atoms with Gasteiger partial charge in [-0.05, 0) is 35.9 Å². The van der Waals surface area contributed by atoms with E-state index in [0.717, 1.165) is 0 Å². The quantitative estimate of drug-likeness (QED) is 0.546. The zero-order valence-electron chi connectivity index (χ0n) is 14.6. The Morgan fingerprint density at radius 3 is 2.45 bits per heavy atom. The third-order valence-electron chi connectivity index (χ3n) is 4.50. The van der Waals surface area contributed by atoms with Crippen LogP contribution in [-0.4, -0.2) is 29.4 Å². The molecule has 0 spiro atoms. The van der Waals surface area contributed by atoms with Crippen LogP contribution in [0.4, 0.5) is 14.5 Å². The van der Waals surface area contributed by atoms with Gasteiger partial charge in [0.1, 0.15) is 16.8 Å². The molecule has 2 aromatic carbocycles. The van der Waals surface area contributed by atoms with Crippen LogP contribution in [0.15, 0.2) is 36.4 Å². The number of benzene rings is 2. The molecule has 1 aliphatic rings. The van der Waals surface area contributed by atoms with Crippen molar-refractivity contribution < 1.29 is 18.4 Å². The minimum atomic E-state index is -1.39. The molecule has 0 aromatic heterocycles. The molecule has 2 amide bonds. The van der Waals surface area contributed by atoms with Crippen molar-refractivity contribution in [2.45, 2.75) is 10.3 Å². The molecule has 1 aliphatic carbocycles. The minimum Gasteiger partial charge on any atom is -0.349 e. The number of alkyl halides is 3. The van der Waals surface area contributed by atoms with Gasteiger partial charge < -0.3 is 10.6 Å². The first-order chi connectivity index (χ1) is 13.7. The lowest BCUT2D eigenvalue weighted by Gasteiger charge is -2.09. The first kappa shape index (κ1) is 22.1. The van der Waals surface area contributed by atoms with E-state index >= 15 is 0 Å². The smallest absolute Gasteiger partial charge is 0.252 e. The maximum absolute atomic E-state index is 13.4. The molecule has 4 nitrogen and oxygen atoms in total. The predicted molar refractivity (Wildman–Crippen MR) is 110 cm³/mol. The summed E-state index contributed by atoms with van der Waals surface area (Å²) in [5, 5.41) is 5.05. The SMILES string of the molecule is O=C(NCCF)c1cc(NC(=O)[C@H]2[C@H](c3ccc(F)c(Cl)c3)C2(Cl)Cl)ccc1Cl. The van der Waals surface area contributed by atoms with Gasteiger partial charge in [-0.1, -0.05) is 29.3 Å². The van der Waals surface area contributed by atoms with E-state index in [2.05, 4.69) is 10.6 Å². The Morgan fingerprint density at radius 1 is 1.07 bits per heavy atom. The van der Waals surface area contributed by atoms with Crippen molar-refractivity contribution in [2.75, 3.05) is 18.5 Å². The largest absolute Gasteiger partial charge is 0.349 e. The van der Waals surface area contributed by atoms with Crippen LogP contribution in [0.5, 0.6) is 0 Å². The number of amides is 2. The lowest BCUT2D eigenvalue weighted by Crippen LogP contribution is -2.26. The summed E-state index contributed by atoms with van der Waals surface area (Å²) in [6.45, 7) is -0.874. The van der Waals surface area contributed by atoms with Crippen LogP contribution in [0.2, 0.25) is 10.0 Å². The standard InChI is InChI=1S/C19H14Cl4F2N2O2/c20-12-3-2-10(8-11(12)17(28)26-6-5-24)27-18(29)16-15(19(16,22)23)9-1-4-14(25)13(21)7-9/h1-4,7-8,15-16H,5-6H2,(H,26,28)(H,27,29)/t15-,16+/m0/s1. The van der Waals surface area contributed by atoms with Gasteiger partial charge in [0.05, 0.1) is 21.5 Å². The van der Waals surface area contributed by atoms with E-state index in [1.165, 1.54) is 36.4 Å². The van der Waals surface area contributed by atoms with E-state index in [-0.39, 0.29) is 27.8 Å².